The molecule has 2 N–H and O–H groups in total. The van der Waals surface area contributed by atoms with E-state index in [1.165, 1.54) is 37.8 Å². The van der Waals surface area contributed by atoms with E-state index in [2.05, 4.69) is 44.8 Å². The van der Waals surface area contributed by atoms with E-state index >= 15 is 0 Å². The molecule has 0 saturated carbocycles. The van der Waals surface area contributed by atoms with E-state index in [1.54, 1.807) is 13.8 Å². The number of aliphatic imine (C=N–C) groups is 1. The number of rotatable bonds is 8. The Hall–Kier alpha value is -0.870. The number of nitrogens with one attached hydrogen (secondary N) is 2. The van der Waals surface area contributed by atoms with Crippen molar-refractivity contribution in [2.24, 2.45) is 4.99 Å². The highest BCUT2D eigenvalue weighted by molar-refractivity contribution is 14.0. The summed E-state index contributed by atoms with van der Waals surface area (Å²) in [5.74, 6) is 0.635. The van der Waals surface area contributed by atoms with Crippen LogP contribution in [0.15, 0.2) is 29.3 Å². The Balaban J connectivity index is 0.00000392. The molecule has 1 fully saturated rings. The summed E-state index contributed by atoms with van der Waals surface area (Å²) in [6, 6.07) is 8.60. The van der Waals surface area contributed by atoms with Gasteiger partial charge in [-0.1, -0.05) is 24.3 Å². The molecule has 0 radical (unpaired) electrons. The molecule has 1 aliphatic rings. The van der Waals surface area contributed by atoms with E-state index in [4.69, 9.17) is 0 Å². The van der Waals surface area contributed by atoms with Crippen molar-refractivity contribution in [1.82, 2.24) is 15.5 Å². The Morgan fingerprint density at radius 2 is 1.68 bits per heavy atom. The van der Waals surface area contributed by atoms with Gasteiger partial charge in [0.1, 0.15) is 0 Å². The quantitative estimate of drug-likeness (QED) is 0.312. The van der Waals surface area contributed by atoms with Crippen LogP contribution in [0.1, 0.15) is 44.7 Å². The summed E-state index contributed by atoms with van der Waals surface area (Å²) in [4.78, 5) is 7.08. The summed E-state index contributed by atoms with van der Waals surface area (Å²) in [7, 11) is -3.14. The van der Waals surface area contributed by atoms with Gasteiger partial charge in [-0.05, 0) is 57.8 Å². The molecular weight excluding hydrogens is 487 g/mol. The van der Waals surface area contributed by atoms with Crippen LogP contribution in [0.4, 0.5) is 0 Å². The number of nitrogens with zero attached hydrogens (tertiary/aromatic N) is 2. The molecule has 0 bridgehead atoms. The van der Waals surface area contributed by atoms with Gasteiger partial charge < -0.3 is 10.6 Å². The molecule has 2 rings (SSSR count). The fraction of sp³-hybridized carbons (Fsp3) is 0.650. The van der Waals surface area contributed by atoms with Crippen molar-refractivity contribution < 1.29 is 8.42 Å². The molecule has 0 spiro atoms. The molecule has 1 aromatic rings. The second-order valence-electron chi connectivity index (χ2n) is 7.88. The van der Waals surface area contributed by atoms with Crippen LogP contribution in [-0.4, -0.2) is 56.5 Å². The van der Waals surface area contributed by atoms with E-state index in [9.17, 15) is 8.42 Å². The summed E-state index contributed by atoms with van der Waals surface area (Å²) in [6.07, 6.45) is 3.88. The van der Waals surface area contributed by atoms with E-state index < -0.39 is 14.6 Å². The van der Waals surface area contributed by atoms with Gasteiger partial charge in [0.05, 0.1) is 11.3 Å². The third-order valence-electron chi connectivity index (χ3n) is 5.08. The highest BCUT2D eigenvalue weighted by Crippen LogP contribution is 2.14. The van der Waals surface area contributed by atoms with Gasteiger partial charge in [-0.2, -0.15) is 0 Å². The van der Waals surface area contributed by atoms with E-state index in [0.717, 1.165) is 18.7 Å². The first kappa shape index (κ1) is 25.2. The summed E-state index contributed by atoms with van der Waals surface area (Å²) < 4.78 is 22.9. The van der Waals surface area contributed by atoms with Crippen LogP contribution in [0.2, 0.25) is 0 Å². The van der Waals surface area contributed by atoms with Crippen molar-refractivity contribution in [1.29, 1.82) is 0 Å². The van der Waals surface area contributed by atoms with Gasteiger partial charge in [-0.25, -0.2) is 13.4 Å². The number of benzene rings is 1. The van der Waals surface area contributed by atoms with Gasteiger partial charge in [0.15, 0.2) is 15.8 Å². The van der Waals surface area contributed by atoms with Crippen LogP contribution >= 0.6 is 24.0 Å². The molecular formula is C20H35IN4O2S. The minimum atomic E-state index is -3.14. The highest BCUT2D eigenvalue weighted by Gasteiger charge is 2.30. The van der Waals surface area contributed by atoms with Crippen LogP contribution in [0.3, 0.4) is 0 Å². The second-order valence-corrected chi connectivity index (χ2v) is 10.5. The molecule has 0 aromatic heterocycles. The Morgan fingerprint density at radius 1 is 1.11 bits per heavy atom. The molecule has 0 atom stereocenters. The molecule has 0 aliphatic carbocycles. The van der Waals surface area contributed by atoms with Crippen LogP contribution in [-0.2, 0) is 22.9 Å². The van der Waals surface area contributed by atoms with Crippen molar-refractivity contribution in [3.05, 3.63) is 35.4 Å². The first-order valence-electron chi connectivity index (χ1n) is 9.73. The Labute approximate surface area is 187 Å². The highest BCUT2D eigenvalue weighted by atomic mass is 127. The number of likely N-dealkylation sites (tertiary alicyclic amines) is 1. The maximum absolute atomic E-state index is 11.9. The van der Waals surface area contributed by atoms with Gasteiger partial charge in [-0.15, -0.1) is 24.0 Å². The predicted octanol–water partition coefficient (Wildman–Crippen LogP) is 2.78. The standard InChI is InChI=1S/C20H34N4O2S.HI/c1-5-21-19(23-16-20(2,3)27(4,25)26)22-14-17-8-10-18(11-9-17)15-24-12-6-7-13-24;/h8-11H,5-7,12-16H2,1-4H3,(H2,21,22,23);1H. The zero-order valence-corrected chi connectivity index (χ0v) is 20.6. The summed E-state index contributed by atoms with van der Waals surface area (Å²) in [5, 5.41) is 6.32. The third-order valence-corrected chi connectivity index (χ3v) is 7.23. The lowest BCUT2D eigenvalue weighted by Gasteiger charge is -2.24. The maximum Gasteiger partial charge on any atom is 0.191 e. The smallest absolute Gasteiger partial charge is 0.191 e. The van der Waals surface area contributed by atoms with E-state index in [1.807, 2.05) is 6.92 Å². The lowest BCUT2D eigenvalue weighted by Crippen LogP contribution is -2.47. The molecule has 6 nitrogen and oxygen atoms in total. The minimum Gasteiger partial charge on any atom is -0.357 e. The second kappa shape index (κ2) is 11.3. The molecule has 1 aliphatic heterocycles. The van der Waals surface area contributed by atoms with Gasteiger partial charge in [0.2, 0.25) is 0 Å². The first-order valence-corrected chi connectivity index (χ1v) is 11.6. The number of hydrogen-bond donors (Lipinski definition) is 2. The van der Waals surface area contributed by atoms with E-state index in [0.29, 0.717) is 19.0 Å². The topological polar surface area (TPSA) is 73.8 Å². The molecule has 28 heavy (non-hydrogen) atoms. The minimum absolute atomic E-state index is 0. The number of guanidine groups is 1. The predicted molar refractivity (Wildman–Crippen MR) is 128 cm³/mol. The average molecular weight is 522 g/mol. The number of halogens is 1. The molecule has 0 amide bonds. The lowest BCUT2D eigenvalue weighted by molar-refractivity contribution is 0.331. The summed E-state index contributed by atoms with van der Waals surface area (Å²) >= 11 is 0. The van der Waals surface area contributed by atoms with E-state index in [-0.39, 0.29) is 24.0 Å². The fourth-order valence-electron chi connectivity index (χ4n) is 2.89. The van der Waals surface area contributed by atoms with Crippen LogP contribution in [0, 0.1) is 0 Å². The first-order chi connectivity index (χ1) is 12.7. The molecule has 0 unspecified atom stereocenters. The molecule has 1 aromatic carbocycles. The van der Waals surface area contributed by atoms with Gasteiger partial charge >= 0.3 is 0 Å². The van der Waals surface area contributed by atoms with Crippen LogP contribution in [0.25, 0.3) is 0 Å². The molecule has 160 valence electrons. The van der Waals surface area contributed by atoms with Crippen molar-refractivity contribution in [3.63, 3.8) is 0 Å². The van der Waals surface area contributed by atoms with Crippen LogP contribution in [0.5, 0.6) is 0 Å². The zero-order chi connectivity index (χ0) is 19.9. The number of sulfone groups is 1. The Bertz CT molecular complexity index is 727. The van der Waals surface area contributed by atoms with Gasteiger partial charge in [0.25, 0.3) is 0 Å². The van der Waals surface area contributed by atoms with Crippen molar-refractivity contribution in [2.45, 2.75) is 51.4 Å². The number of hydrogen-bond acceptors (Lipinski definition) is 4. The fourth-order valence-corrected chi connectivity index (χ4v) is 3.22. The Morgan fingerprint density at radius 3 is 2.21 bits per heavy atom. The molecule has 1 saturated heterocycles. The van der Waals surface area contributed by atoms with Crippen molar-refractivity contribution in [2.75, 3.05) is 32.4 Å². The van der Waals surface area contributed by atoms with Crippen molar-refractivity contribution in [3.8, 4) is 0 Å². The van der Waals surface area contributed by atoms with Gasteiger partial charge in [-0.3, -0.25) is 4.90 Å². The van der Waals surface area contributed by atoms with Crippen LogP contribution < -0.4 is 10.6 Å². The molecule has 8 heteroatoms. The Kier molecular flexibility index (Phi) is 10.2. The largest absolute Gasteiger partial charge is 0.357 e. The molecule has 1 heterocycles. The third kappa shape index (κ3) is 7.87. The van der Waals surface area contributed by atoms with Gasteiger partial charge in [0, 0.05) is 25.9 Å². The normalized spacial score (nSPS) is 15.9. The maximum atomic E-state index is 11.9. The SMILES string of the molecule is CCNC(=NCc1ccc(CN2CCCC2)cc1)NCC(C)(C)S(C)(=O)=O.I. The van der Waals surface area contributed by atoms with Crippen molar-refractivity contribution >= 4 is 39.8 Å². The zero-order valence-electron chi connectivity index (χ0n) is 17.5. The summed E-state index contributed by atoms with van der Waals surface area (Å²) in [5.41, 5.74) is 2.48. The average Bonchev–Trinajstić information content (AvgIpc) is 3.11. The lowest BCUT2D eigenvalue weighted by atomic mass is 10.1. The monoisotopic (exact) mass is 522 g/mol. The summed E-state index contributed by atoms with van der Waals surface area (Å²) in [6.45, 7) is 10.4.